The maximum Gasteiger partial charge on any atom is 2.00 e. The number of ether oxygens (including phenoxy) is 2. The molecule has 41 heavy (non-hydrogen) atoms. The number of halogens is 2. The standard InChI is InChI=1S/C24H30Br2N6O6S2.Cu/c1-37-19-5-3-13(7-15(19)25)9-27-23(39)31-29-11-17(21(35)22(36)18(34)12-33)30-32-24(40)28-10-14-4-6-20(38-2)16(26)8-14;/h3-8,11,18,21-22,33-36H,9-10,12H2,1-2H3,(H4,27,28,29,30,31,32,39,40);/q;+2/p-2. The molecule has 2 aromatic rings. The Morgan fingerprint density at radius 2 is 1.41 bits per heavy atom. The number of methoxy groups -OCH3 is 2. The van der Waals surface area contributed by atoms with Gasteiger partial charge in [0.2, 0.25) is 0 Å². The summed E-state index contributed by atoms with van der Waals surface area (Å²) < 4.78 is 12.0. The van der Waals surface area contributed by atoms with Crippen molar-refractivity contribution in [2.24, 2.45) is 10.2 Å². The van der Waals surface area contributed by atoms with Crippen molar-refractivity contribution in [3.05, 3.63) is 67.3 Å². The Kier molecular flexibility index (Phi) is 17.5. The summed E-state index contributed by atoms with van der Waals surface area (Å²) in [6, 6.07) is 11.0. The molecule has 227 valence electrons. The number of aliphatic hydroxyl groups excluding tert-OH is 4. The molecule has 0 bridgehead atoms. The van der Waals surface area contributed by atoms with Crippen LogP contribution in [0.4, 0.5) is 0 Å². The van der Waals surface area contributed by atoms with Crippen molar-refractivity contribution in [1.29, 1.82) is 0 Å². The van der Waals surface area contributed by atoms with Gasteiger partial charge in [0, 0.05) is 10.2 Å². The molecular weight excluding hydrogens is 756 g/mol. The van der Waals surface area contributed by atoms with Crippen LogP contribution in [0.25, 0.3) is 10.9 Å². The third-order valence-electron chi connectivity index (χ3n) is 5.12. The molecule has 2 aromatic carbocycles. The van der Waals surface area contributed by atoms with Gasteiger partial charge in [0.1, 0.15) is 29.8 Å². The summed E-state index contributed by atoms with van der Waals surface area (Å²) in [6.07, 6.45) is -4.20. The van der Waals surface area contributed by atoms with Crippen molar-refractivity contribution >= 4 is 78.4 Å². The number of nitrogens with zero attached hydrogens (tertiary/aromatic N) is 4. The van der Waals surface area contributed by atoms with Gasteiger partial charge in [-0.3, -0.25) is 10.2 Å². The van der Waals surface area contributed by atoms with Crippen LogP contribution >= 0.6 is 56.3 Å². The summed E-state index contributed by atoms with van der Waals surface area (Å²) >= 11 is 17.2. The summed E-state index contributed by atoms with van der Waals surface area (Å²) in [7, 11) is 3.13. The van der Waals surface area contributed by atoms with Crippen molar-refractivity contribution in [1.82, 2.24) is 10.6 Å². The number of aliphatic hydroxyl groups is 4. The van der Waals surface area contributed by atoms with E-state index in [1.807, 2.05) is 24.3 Å². The van der Waals surface area contributed by atoms with Gasteiger partial charge in [-0.1, -0.05) is 36.6 Å². The zero-order valence-electron chi connectivity index (χ0n) is 21.7. The van der Waals surface area contributed by atoms with E-state index >= 15 is 0 Å². The van der Waals surface area contributed by atoms with Crippen LogP contribution in [0.15, 0.2) is 55.5 Å². The number of benzene rings is 2. The van der Waals surface area contributed by atoms with Crippen LogP contribution < -0.4 is 20.1 Å². The monoisotopic (exact) mass is 781 g/mol. The summed E-state index contributed by atoms with van der Waals surface area (Å²) in [5, 5.41) is 52.9. The molecule has 0 fully saturated rings. The smallest absolute Gasteiger partial charge is 0.496 e. The van der Waals surface area contributed by atoms with E-state index in [1.54, 1.807) is 26.4 Å². The Bertz CT molecular complexity index is 1230. The zero-order valence-corrected chi connectivity index (χ0v) is 27.4. The van der Waals surface area contributed by atoms with E-state index in [-0.39, 0.29) is 33.0 Å². The second-order valence-electron chi connectivity index (χ2n) is 7.91. The van der Waals surface area contributed by atoms with E-state index in [9.17, 15) is 15.3 Å². The fraction of sp³-hybridized carbons (Fsp3) is 0.333. The average molecular weight is 784 g/mol. The van der Waals surface area contributed by atoms with E-state index < -0.39 is 24.9 Å². The first-order valence-electron chi connectivity index (χ1n) is 11.5. The van der Waals surface area contributed by atoms with Gasteiger partial charge in [-0.05, 0) is 80.3 Å². The van der Waals surface area contributed by atoms with E-state index in [0.717, 1.165) is 26.3 Å². The van der Waals surface area contributed by atoms with Crippen LogP contribution in [0, 0.1) is 0 Å². The topological polar surface area (TPSA) is 176 Å². The summed E-state index contributed by atoms with van der Waals surface area (Å²) in [5.74, 6) is 1.37. The third-order valence-corrected chi connectivity index (χ3v) is 6.81. The zero-order chi connectivity index (χ0) is 29.7. The fourth-order valence-corrected chi connectivity index (χ4v) is 4.37. The van der Waals surface area contributed by atoms with Crippen LogP contribution in [0.3, 0.4) is 0 Å². The molecule has 0 aliphatic heterocycles. The quantitative estimate of drug-likeness (QED) is 0.0767. The third kappa shape index (κ3) is 12.5. The molecule has 0 heterocycles. The molecule has 0 aliphatic carbocycles. The van der Waals surface area contributed by atoms with Crippen molar-refractivity contribution in [2.45, 2.75) is 31.4 Å². The van der Waals surface area contributed by atoms with Crippen molar-refractivity contribution < 1.29 is 47.0 Å². The van der Waals surface area contributed by atoms with Gasteiger partial charge in [-0.15, -0.1) is 0 Å². The minimum Gasteiger partial charge on any atom is -0.496 e. The van der Waals surface area contributed by atoms with Gasteiger partial charge >= 0.3 is 17.1 Å². The molecule has 12 nitrogen and oxygen atoms in total. The van der Waals surface area contributed by atoms with Crippen molar-refractivity contribution in [3.8, 4) is 11.5 Å². The van der Waals surface area contributed by atoms with Crippen molar-refractivity contribution in [3.63, 3.8) is 0 Å². The van der Waals surface area contributed by atoms with E-state index in [2.05, 4.69) is 63.5 Å². The minimum absolute atomic E-state index is 0. The van der Waals surface area contributed by atoms with Gasteiger partial charge < -0.3 is 51.4 Å². The SMILES string of the molecule is COc1ccc(CNC(=S)[N-]N=C(/C=N\[N-]C(=S)NCc2ccc(OC)c(Br)c2)C(O)C(O)C(O)CO)cc1Br.[Cu+2]. The van der Waals surface area contributed by atoms with E-state index in [0.29, 0.717) is 24.6 Å². The maximum atomic E-state index is 10.5. The van der Waals surface area contributed by atoms with Gasteiger partial charge in [0.15, 0.2) is 0 Å². The second kappa shape index (κ2) is 19.3. The maximum absolute atomic E-state index is 10.5. The van der Waals surface area contributed by atoms with Gasteiger partial charge in [-0.25, -0.2) is 0 Å². The van der Waals surface area contributed by atoms with E-state index in [4.69, 9.17) is 39.0 Å². The number of rotatable bonds is 13. The molecular formula is C24H28Br2CuN6O6S2. The van der Waals surface area contributed by atoms with Crippen LogP contribution in [0.2, 0.25) is 0 Å². The fourth-order valence-electron chi connectivity index (χ4n) is 2.96. The molecule has 0 aromatic heterocycles. The molecule has 6 N–H and O–H groups in total. The average Bonchev–Trinajstić information content (AvgIpc) is 2.95. The summed E-state index contributed by atoms with van der Waals surface area (Å²) in [6.45, 7) is -0.124. The van der Waals surface area contributed by atoms with Crippen LogP contribution in [-0.4, -0.2) is 81.7 Å². The number of hydrogen-bond acceptors (Lipinski definition) is 10. The summed E-state index contributed by atoms with van der Waals surface area (Å²) in [4.78, 5) is 0. The summed E-state index contributed by atoms with van der Waals surface area (Å²) in [5.41, 5.74) is 9.15. The van der Waals surface area contributed by atoms with Crippen LogP contribution in [-0.2, 0) is 30.2 Å². The molecule has 17 heteroatoms. The first kappa shape index (κ1) is 37.1. The predicted octanol–water partition coefficient (Wildman–Crippen LogP) is 2.84. The molecule has 0 saturated heterocycles. The predicted molar refractivity (Wildman–Crippen MR) is 168 cm³/mol. The number of hydrogen-bond donors (Lipinski definition) is 6. The van der Waals surface area contributed by atoms with Gasteiger partial charge in [0.05, 0.1) is 41.7 Å². The van der Waals surface area contributed by atoms with Gasteiger partial charge in [-0.2, -0.15) is 0 Å². The van der Waals surface area contributed by atoms with Crippen LogP contribution in [0.5, 0.6) is 11.5 Å². The Hall–Kier alpha value is -1.92. The number of thiocarbonyl (C=S) groups is 2. The molecule has 2 rings (SSSR count). The molecule has 0 amide bonds. The first-order valence-corrected chi connectivity index (χ1v) is 13.9. The Labute approximate surface area is 275 Å². The second-order valence-corrected chi connectivity index (χ2v) is 10.4. The first-order chi connectivity index (χ1) is 19.1. The van der Waals surface area contributed by atoms with E-state index in [1.165, 1.54) is 0 Å². The van der Waals surface area contributed by atoms with Crippen LogP contribution in [0.1, 0.15) is 11.1 Å². The minimum atomic E-state index is -1.79. The Morgan fingerprint density at radius 3 is 1.85 bits per heavy atom. The molecule has 0 spiro atoms. The molecule has 1 radical (unpaired) electrons. The normalized spacial score (nSPS) is 13.4. The number of nitrogens with one attached hydrogen (secondary N) is 2. The molecule has 0 aliphatic rings. The molecule has 3 atom stereocenters. The Morgan fingerprint density at radius 1 is 0.927 bits per heavy atom. The Balaban J connectivity index is 0.00000840. The largest absolute Gasteiger partial charge is 2.00 e. The van der Waals surface area contributed by atoms with Crippen molar-refractivity contribution in [2.75, 3.05) is 20.8 Å². The molecule has 0 saturated carbocycles. The van der Waals surface area contributed by atoms with Gasteiger partial charge in [0.25, 0.3) is 0 Å². The molecule has 3 unspecified atom stereocenters.